The number of benzene rings is 2. The number of nitrogens with one attached hydrogen (secondary N) is 1. The summed E-state index contributed by atoms with van der Waals surface area (Å²) in [4.78, 5) is 19.5. The molecule has 1 aliphatic heterocycles. The van der Waals surface area contributed by atoms with Crippen molar-refractivity contribution in [3.05, 3.63) is 71.6 Å². The van der Waals surface area contributed by atoms with Gasteiger partial charge >= 0.3 is 0 Å². The highest BCUT2D eigenvalue weighted by Crippen LogP contribution is 2.22. The summed E-state index contributed by atoms with van der Waals surface area (Å²) in [6.45, 7) is 6.42. The van der Waals surface area contributed by atoms with E-state index in [1.54, 1.807) is 0 Å². The Labute approximate surface area is 177 Å². The number of carbonyl (C=O) groups excluding carboxylic acids is 1. The van der Waals surface area contributed by atoms with Gasteiger partial charge in [0.2, 0.25) is 17.6 Å². The summed E-state index contributed by atoms with van der Waals surface area (Å²) >= 11 is 0. The highest BCUT2D eigenvalue weighted by atomic mass is 16.5. The van der Waals surface area contributed by atoms with E-state index >= 15 is 0 Å². The third-order valence-corrected chi connectivity index (χ3v) is 5.75. The topological polar surface area (TPSA) is 71.3 Å². The molecule has 0 spiro atoms. The highest BCUT2D eigenvalue weighted by Gasteiger charge is 2.27. The quantitative estimate of drug-likeness (QED) is 0.669. The molecule has 0 radical (unpaired) electrons. The van der Waals surface area contributed by atoms with E-state index in [1.165, 1.54) is 5.56 Å². The number of hydrogen-bond donors (Lipinski definition) is 1. The van der Waals surface area contributed by atoms with Crippen LogP contribution in [0.15, 0.2) is 59.1 Å². The molecule has 1 aromatic heterocycles. The molecule has 6 heteroatoms. The van der Waals surface area contributed by atoms with Crippen LogP contribution >= 0.6 is 0 Å². The predicted octanol–water partition coefficient (Wildman–Crippen LogP) is 4.13. The summed E-state index contributed by atoms with van der Waals surface area (Å²) in [7, 11) is 0. The average Bonchev–Trinajstić information content (AvgIpc) is 3.24. The van der Waals surface area contributed by atoms with Gasteiger partial charge in [-0.05, 0) is 45.3 Å². The Kier molecular flexibility index (Phi) is 6.23. The molecule has 1 N–H and O–H groups in total. The molecule has 1 amide bonds. The van der Waals surface area contributed by atoms with Crippen molar-refractivity contribution in [1.82, 2.24) is 20.4 Å². The number of piperidine rings is 1. The number of nitrogens with zero attached hydrogens (tertiary/aromatic N) is 3. The molecule has 0 saturated carbocycles. The SMILES string of the molecule is Cc1ccc(C(C)NC(=O)C2CCN(Cc3nc(-c4ccccc4)no3)CC2)cc1. The molecule has 3 aromatic rings. The summed E-state index contributed by atoms with van der Waals surface area (Å²) < 4.78 is 5.42. The van der Waals surface area contributed by atoms with Gasteiger partial charge in [0.15, 0.2) is 0 Å². The second-order valence-corrected chi connectivity index (χ2v) is 8.07. The van der Waals surface area contributed by atoms with Crippen molar-refractivity contribution in [2.24, 2.45) is 5.92 Å². The maximum absolute atomic E-state index is 12.7. The molecular formula is C24H28N4O2. The third kappa shape index (κ3) is 4.94. The maximum Gasteiger partial charge on any atom is 0.241 e. The van der Waals surface area contributed by atoms with Crippen molar-refractivity contribution in [2.45, 2.75) is 39.3 Å². The minimum Gasteiger partial charge on any atom is -0.349 e. The van der Waals surface area contributed by atoms with Gasteiger partial charge in [-0.3, -0.25) is 9.69 Å². The lowest BCUT2D eigenvalue weighted by molar-refractivity contribution is -0.127. The van der Waals surface area contributed by atoms with Crippen LogP contribution in [-0.4, -0.2) is 34.0 Å². The molecule has 1 atom stereocenters. The van der Waals surface area contributed by atoms with Crippen LogP contribution in [0.4, 0.5) is 0 Å². The molecule has 156 valence electrons. The number of carbonyl (C=O) groups is 1. The minimum absolute atomic E-state index is 0.0194. The van der Waals surface area contributed by atoms with Gasteiger partial charge in [0.1, 0.15) is 0 Å². The van der Waals surface area contributed by atoms with Crippen molar-refractivity contribution >= 4 is 5.91 Å². The Bertz CT molecular complexity index is 960. The van der Waals surface area contributed by atoms with Crippen LogP contribution in [0.25, 0.3) is 11.4 Å². The molecule has 1 unspecified atom stereocenters. The lowest BCUT2D eigenvalue weighted by atomic mass is 9.95. The number of aromatic nitrogens is 2. The van der Waals surface area contributed by atoms with Gasteiger partial charge < -0.3 is 9.84 Å². The van der Waals surface area contributed by atoms with Crippen LogP contribution in [0.5, 0.6) is 0 Å². The highest BCUT2D eigenvalue weighted by molar-refractivity contribution is 5.79. The van der Waals surface area contributed by atoms with E-state index in [0.29, 0.717) is 18.3 Å². The van der Waals surface area contributed by atoms with Gasteiger partial charge in [-0.1, -0.05) is 65.3 Å². The van der Waals surface area contributed by atoms with Crippen molar-refractivity contribution < 1.29 is 9.32 Å². The van der Waals surface area contributed by atoms with E-state index in [4.69, 9.17) is 4.52 Å². The second-order valence-electron chi connectivity index (χ2n) is 8.07. The van der Waals surface area contributed by atoms with Gasteiger partial charge in [-0.25, -0.2) is 0 Å². The van der Waals surface area contributed by atoms with Crippen LogP contribution in [0, 0.1) is 12.8 Å². The largest absolute Gasteiger partial charge is 0.349 e. The first-order chi connectivity index (χ1) is 14.6. The molecule has 1 saturated heterocycles. The molecule has 30 heavy (non-hydrogen) atoms. The Morgan fingerprint density at radius 2 is 1.83 bits per heavy atom. The fourth-order valence-electron chi connectivity index (χ4n) is 3.84. The second kappa shape index (κ2) is 9.22. The fraction of sp³-hybridized carbons (Fsp3) is 0.375. The van der Waals surface area contributed by atoms with Crippen LogP contribution < -0.4 is 5.32 Å². The van der Waals surface area contributed by atoms with E-state index in [2.05, 4.69) is 51.5 Å². The molecule has 6 nitrogen and oxygen atoms in total. The molecule has 1 fully saturated rings. The Morgan fingerprint density at radius 1 is 1.13 bits per heavy atom. The molecule has 0 aliphatic carbocycles. The lowest BCUT2D eigenvalue weighted by Gasteiger charge is -2.30. The fourth-order valence-corrected chi connectivity index (χ4v) is 3.84. The van der Waals surface area contributed by atoms with Crippen LogP contribution in [-0.2, 0) is 11.3 Å². The van der Waals surface area contributed by atoms with E-state index in [-0.39, 0.29) is 17.9 Å². The standard InChI is InChI=1S/C24H28N4O2/c1-17-8-10-19(11-9-17)18(2)25-24(29)21-12-14-28(15-13-21)16-22-26-23(27-30-22)20-6-4-3-5-7-20/h3-11,18,21H,12-16H2,1-2H3,(H,25,29). The zero-order valence-corrected chi connectivity index (χ0v) is 17.5. The van der Waals surface area contributed by atoms with E-state index < -0.39 is 0 Å². The minimum atomic E-state index is 0.0194. The zero-order valence-electron chi connectivity index (χ0n) is 17.5. The summed E-state index contributed by atoms with van der Waals surface area (Å²) in [5.41, 5.74) is 3.31. The van der Waals surface area contributed by atoms with Gasteiger partial charge in [-0.2, -0.15) is 4.98 Å². The van der Waals surface area contributed by atoms with E-state index in [1.807, 2.05) is 37.3 Å². The predicted molar refractivity (Wildman–Crippen MR) is 115 cm³/mol. The number of aryl methyl sites for hydroxylation is 1. The molecular weight excluding hydrogens is 376 g/mol. The smallest absolute Gasteiger partial charge is 0.241 e. The number of rotatable bonds is 6. The molecule has 2 aromatic carbocycles. The molecule has 1 aliphatic rings. The summed E-state index contributed by atoms with van der Waals surface area (Å²) in [5.74, 6) is 1.43. The summed E-state index contributed by atoms with van der Waals surface area (Å²) in [6.07, 6.45) is 1.68. The van der Waals surface area contributed by atoms with Gasteiger partial charge in [-0.15, -0.1) is 0 Å². The summed E-state index contributed by atoms with van der Waals surface area (Å²) in [5, 5.41) is 7.26. The van der Waals surface area contributed by atoms with Gasteiger partial charge in [0.05, 0.1) is 12.6 Å². The molecule has 0 bridgehead atoms. The van der Waals surface area contributed by atoms with Crippen LogP contribution in [0.3, 0.4) is 0 Å². The van der Waals surface area contributed by atoms with Crippen molar-refractivity contribution in [1.29, 1.82) is 0 Å². The van der Waals surface area contributed by atoms with E-state index in [9.17, 15) is 4.79 Å². The van der Waals surface area contributed by atoms with Crippen molar-refractivity contribution in [3.8, 4) is 11.4 Å². The Morgan fingerprint density at radius 3 is 2.53 bits per heavy atom. The van der Waals surface area contributed by atoms with E-state index in [0.717, 1.165) is 37.1 Å². The zero-order chi connectivity index (χ0) is 20.9. The number of likely N-dealkylation sites (tertiary alicyclic amines) is 1. The first-order valence-corrected chi connectivity index (χ1v) is 10.6. The van der Waals surface area contributed by atoms with Crippen LogP contribution in [0.1, 0.15) is 42.8 Å². The Balaban J connectivity index is 1.26. The summed E-state index contributed by atoms with van der Waals surface area (Å²) in [6, 6.07) is 18.2. The lowest BCUT2D eigenvalue weighted by Crippen LogP contribution is -2.40. The first kappa shape index (κ1) is 20.3. The van der Waals surface area contributed by atoms with Gasteiger partial charge in [0, 0.05) is 11.5 Å². The van der Waals surface area contributed by atoms with Crippen molar-refractivity contribution in [3.63, 3.8) is 0 Å². The maximum atomic E-state index is 12.7. The Hall–Kier alpha value is -2.99. The monoisotopic (exact) mass is 404 g/mol. The number of hydrogen-bond acceptors (Lipinski definition) is 5. The van der Waals surface area contributed by atoms with Crippen LogP contribution in [0.2, 0.25) is 0 Å². The molecule has 4 rings (SSSR count). The van der Waals surface area contributed by atoms with Gasteiger partial charge in [0.25, 0.3) is 0 Å². The number of amides is 1. The average molecular weight is 405 g/mol. The first-order valence-electron chi connectivity index (χ1n) is 10.6. The van der Waals surface area contributed by atoms with Crippen molar-refractivity contribution in [2.75, 3.05) is 13.1 Å². The third-order valence-electron chi connectivity index (χ3n) is 5.75. The normalized spacial score (nSPS) is 16.3. The molecule has 2 heterocycles.